The molecule has 2 saturated carbocycles. The van der Waals surface area contributed by atoms with Gasteiger partial charge in [-0.05, 0) is 50.9 Å². The molecule has 0 saturated heterocycles. The lowest BCUT2D eigenvalue weighted by molar-refractivity contribution is 0.199. The number of aromatic nitrogens is 2. The summed E-state index contributed by atoms with van der Waals surface area (Å²) < 4.78 is 7.35. The Kier molecular flexibility index (Phi) is 4.65. The minimum atomic E-state index is 0.761. The molecule has 3 unspecified atom stereocenters. The number of ether oxygens (including phenoxy) is 1. The van der Waals surface area contributed by atoms with Crippen molar-refractivity contribution in [2.45, 2.75) is 52.6 Å². The number of fused-ring (bicyclic) bond motifs is 2. The van der Waals surface area contributed by atoms with Crippen LogP contribution in [0.3, 0.4) is 0 Å². The minimum Gasteiger partial charge on any atom is -0.383 e. The lowest BCUT2D eigenvalue weighted by atomic mass is 9.89. The summed E-state index contributed by atoms with van der Waals surface area (Å²) in [5.74, 6) is 2.87. The van der Waals surface area contributed by atoms with E-state index >= 15 is 0 Å². The molecule has 1 heterocycles. The third kappa shape index (κ3) is 3.16. The largest absolute Gasteiger partial charge is 0.383 e. The summed E-state index contributed by atoms with van der Waals surface area (Å²) in [7, 11) is 1.74. The highest BCUT2D eigenvalue weighted by atomic mass is 16.5. The smallest absolute Gasteiger partial charge is 0.0641 e. The van der Waals surface area contributed by atoms with Crippen LogP contribution < -0.4 is 5.32 Å². The normalized spacial score (nSPS) is 27.7. The molecule has 0 aromatic carbocycles. The molecule has 1 N–H and O–H groups in total. The van der Waals surface area contributed by atoms with Gasteiger partial charge in [0.15, 0.2) is 0 Å². The van der Waals surface area contributed by atoms with Gasteiger partial charge in [-0.3, -0.25) is 4.68 Å². The van der Waals surface area contributed by atoms with E-state index in [4.69, 9.17) is 9.84 Å². The van der Waals surface area contributed by atoms with Crippen molar-refractivity contribution in [2.24, 2.45) is 17.8 Å². The Bertz CT molecular complexity index is 483. The molecule has 21 heavy (non-hydrogen) atoms. The Morgan fingerprint density at radius 1 is 1.29 bits per heavy atom. The first kappa shape index (κ1) is 15.0. The van der Waals surface area contributed by atoms with Gasteiger partial charge in [-0.2, -0.15) is 5.10 Å². The summed E-state index contributed by atoms with van der Waals surface area (Å²) in [4.78, 5) is 0. The molecule has 0 amide bonds. The highest BCUT2D eigenvalue weighted by Crippen LogP contribution is 2.48. The Balaban J connectivity index is 1.61. The summed E-state index contributed by atoms with van der Waals surface area (Å²) >= 11 is 0. The summed E-state index contributed by atoms with van der Waals surface area (Å²) in [6, 6.07) is 0. The fraction of sp³-hybridized carbons (Fsp3) is 0.824. The molecule has 0 radical (unpaired) electrons. The van der Waals surface area contributed by atoms with Crippen molar-refractivity contribution in [1.29, 1.82) is 0 Å². The average molecular weight is 291 g/mol. The number of nitrogens with zero attached hydrogens (tertiary/aromatic N) is 2. The zero-order valence-electron chi connectivity index (χ0n) is 13.7. The van der Waals surface area contributed by atoms with Crippen molar-refractivity contribution >= 4 is 0 Å². The number of hydrogen-bond donors (Lipinski definition) is 1. The molecule has 1 aromatic rings. The Labute approximate surface area is 128 Å². The SMILES string of the molecule is COCCNCc1c(C)nn(CC2CC3CCC2C3)c1C. The van der Waals surface area contributed by atoms with Crippen LogP contribution in [0.25, 0.3) is 0 Å². The number of aryl methyl sites for hydroxylation is 1. The number of nitrogens with one attached hydrogen (secondary N) is 1. The topological polar surface area (TPSA) is 39.1 Å². The van der Waals surface area contributed by atoms with Gasteiger partial charge in [-0.25, -0.2) is 0 Å². The van der Waals surface area contributed by atoms with E-state index < -0.39 is 0 Å². The lowest BCUT2D eigenvalue weighted by Crippen LogP contribution is -2.20. The molecular formula is C17H29N3O. The highest BCUT2D eigenvalue weighted by molar-refractivity contribution is 5.24. The van der Waals surface area contributed by atoms with Crippen LogP contribution in [-0.2, 0) is 17.8 Å². The molecular weight excluding hydrogens is 262 g/mol. The zero-order chi connectivity index (χ0) is 14.8. The van der Waals surface area contributed by atoms with Gasteiger partial charge in [0.2, 0.25) is 0 Å². The molecule has 2 bridgehead atoms. The molecule has 4 nitrogen and oxygen atoms in total. The second kappa shape index (κ2) is 6.49. The maximum atomic E-state index is 5.08. The van der Waals surface area contributed by atoms with E-state index in [1.165, 1.54) is 42.6 Å². The Morgan fingerprint density at radius 2 is 2.14 bits per heavy atom. The van der Waals surface area contributed by atoms with Crippen LogP contribution in [0.15, 0.2) is 0 Å². The molecule has 3 rings (SSSR count). The van der Waals surface area contributed by atoms with Crippen LogP contribution >= 0.6 is 0 Å². The summed E-state index contributed by atoms with van der Waals surface area (Å²) in [5.41, 5.74) is 3.90. The lowest BCUT2D eigenvalue weighted by Gasteiger charge is -2.22. The molecule has 118 valence electrons. The second-order valence-corrected chi connectivity index (χ2v) is 6.94. The van der Waals surface area contributed by atoms with Crippen LogP contribution in [0.1, 0.15) is 42.6 Å². The van der Waals surface area contributed by atoms with Crippen molar-refractivity contribution in [3.05, 3.63) is 17.0 Å². The highest BCUT2D eigenvalue weighted by Gasteiger charge is 2.39. The number of rotatable bonds is 7. The molecule has 3 atom stereocenters. The summed E-state index contributed by atoms with van der Waals surface area (Å²) in [5, 5.41) is 8.24. The quantitative estimate of drug-likeness (QED) is 0.785. The fourth-order valence-corrected chi connectivity index (χ4v) is 4.38. The molecule has 2 fully saturated rings. The first-order chi connectivity index (χ1) is 10.2. The summed E-state index contributed by atoms with van der Waals surface area (Å²) in [6.45, 7) is 8.05. The zero-order valence-corrected chi connectivity index (χ0v) is 13.7. The predicted octanol–water partition coefficient (Wildman–Crippen LogP) is 2.67. The van der Waals surface area contributed by atoms with Gasteiger partial charge in [-0.1, -0.05) is 6.42 Å². The van der Waals surface area contributed by atoms with Crippen LogP contribution in [0, 0.1) is 31.6 Å². The van der Waals surface area contributed by atoms with Crippen LogP contribution in [0.4, 0.5) is 0 Å². The van der Waals surface area contributed by atoms with E-state index in [9.17, 15) is 0 Å². The molecule has 2 aliphatic carbocycles. The van der Waals surface area contributed by atoms with Gasteiger partial charge in [0.1, 0.15) is 0 Å². The van der Waals surface area contributed by atoms with Gasteiger partial charge >= 0.3 is 0 Å². The van der Waals surface area contributed by atoms with Gasteiger partial charge in [-0.15, -0.1) is 0 Å². The van der Waals surface area contributed by atoms with E-state index in [1.807, 2.05) is 0 Å². The van der Waals surface area contributed by atoms with Crippen molar-refractivity contribution < 1.29 is 4.74 Å². The van der Waals surface area contributed by atoms with Crippen molar-refractivity contribution in [1.82, 2.24) is 15.1 Å². The molecule has 4 heteroatoms. The third-order valence-electron chi connectivity index (χ3n) is 5.61. The average Bonchev–Trinajstić information content (AvgIpc) is 3.14. The first-order valence-corrected chi connectivity index (χ1v) is 8.41. The maximum Gasteiger partial charge on any atom is 0.0641 e. The van der Waals surface area contributed by atoms with E-state index in [2.05, 4.69) is 23.8 Å². The van der Waals surface area contributed by atoms with Crippen molar-refractivity contribution in [2.75, 3.05) is 20.3 Å². The second-order valence-electron chi connectivity index (χ2n) is 6.94. The minimum absolute atomic E-state index is 0.761. The molecule has 0 spiro atoms. The maximum absolute atomic E-state index is 5.08. The number of methoxy groups -OCH3 is 1. The first-order valence-electron chi connectivity index (χ1n) is 8.41. The van der Waals surface area contributed by atoms with Gasteiger partial charge < -0.3 is 10.1 Å². The predicted molar refractivity (Wildman–Crippen MR) is 84.2 cm³/mol. The van der Waals surface area contributed by atoms with Crippen LogP contribution in [-0.4, -0.2) is 30.0 Å². The standard InChI is InChI=1S/C17H29N3O/c1-12-17(10-18-6-7-21-3)13(2)20(19-12)11-16-9-14-4-5-15(16)8-14/h14-16,18H,4-11H2,1-3H3. The van der Waals surface area contributed by atoms with Crippen molar-refractivity contribution in [3.63, 3.8) is 0 Å². The van der Waals surface area contributed by atoms with Gasteiger partial charge in [0.05, 0.1) is 12.3 Å². The van der Waals surface area contributed by atoms with Crippen LogP contribution in [0.5, 0.6) is 0 Å². The van der Waals surface area contributed by atoms with E-state index in [-0.39, 0.29) is 0 Å². The molecule has 0 aliphatic heterocycles. The number of hydrogen-bond acceptors (Lipinski definition) is 3. The van der Waals surface area contributed by atoms with Gasteiger partial charge in [0, 0.05) is 38.0 Å². The molecule has 2 aliphatic rings. The summed E-state index contributed by atoms with van der Waals surface area (Å²) in [6.07, 6.45) is 5.85. The Hall–Kier alpha value is -0.870. The van der Waals surface area contributed by atoms with E-state index in [1.54, 1.807) is 7.11 Å². The van der Waals surface area contributed by atoms with Crippen LogP contribution in [0.2, 0.25) is 0 Å². The van der Waals surface area contributed by atoms with Crippen molar-refractivity contribution in [3.8, 4) is 0 Å². The van der Waals surface area contributed by atoms with Gasteiger partial charge in [0.25, 0.3) is 0 Å². The monoisotopic (exact) mass is 291 g/mol. The van der Waals surface area contributed by atoms with E-state index in [0.29, 0.717) is 0 Å². The van der Waals surface area contributed by atoms with E-state index in [0.717, 1.165) is 44.0 Å². The Morgan fingerprint density at radius 3 is 2.81 bits per heavy atom. The molecule has 1 aromatic heterocycles. The third-order valence-corrected chi connectivity index (χ3v) is 5.61. The fourth-order valence-electron chi connectivity index (χ4n) is 4.38.